The minimum absolute atomic E-state index is 0.0828. The van der Waals surface area contributed by atoms with E-state index in [2.05, 4.69) is 16.7 Å². The van der Waals surface area contributed by atoms with E-state index in [4.69, 9.17) is 5.26 Å². The first kappa shape index (κ1) is 18.1. The number of hydrogen-bond acceptors (Lipinski definition) is 6. The van der Waals surface area contributed by atoms with E-state index in [1.807, 2.05) is 23.6 Å². The lowest BCUT2D eigenvalue weighted by atomic mass is 9.72. The molecule has 1 aromatic heterocycles. The fourth-order valence-corrected chi connectivity index (χ4v) is 3.97. The zero-order valence-corrected chi connectivity index (χ0v) is 14.9. The molecular formula is C16H16N4O2S2. The van der Waals surface area contributed by atoms with Gasteiger partial charge in [-0.05, 0) is 11.4 Å². The third-order valence-electron chi connectivity index (χ3n) is 3.72. The van der Waals surface area contributed by atoms with Crippen molar-refractivity contribution in [2.24, 2.45) is 11.3 Å². The van der Waals surface area contributed by atoms with E-state index >= 15 is 0 Å². The Kier molecular flexibility index (Phi) is 5.66. The fraction of sp³-hybridized carbons (Fsp3) is 0.375. The topological polar surface area (TPSA) is 106 Å². The number of rotatable bonds is 5. The van der Waals surface area contributed by atoms with E-state index < -0.39 is 17.2 Å². The molecule has 6 nitrogen and oxygen atoms in total. The Morgan fingerprint density at radius 2 is 2.25 bits per heavy atom. The number of amides is 2. The highest BCUT2D eigenvalue weighted by molar-refractivity contribution is 8.03. The normalized spacial score (nSPS) is 19.2. The lowest BCUT2D eigenvalue weighted by Gasteiger charge is -2.34. The highest BCUT2D eigenvalue weighted by Gasteiger charge is 2.44. The molecular weight excluding hydrogens is 344 g/mol. The molecule has 0 fully saturated rings. The lowest BCUT2D eigenvalue weighted by molar-refractivity contribution is -0.125. The van der Waals surface area contributed by atoms with Crippen molar-refractivity contribution in [2.45, 2.75) is 20.4 Å². The van der Waals surface area contributed by atoms with Gasteiger partial charge in [0.15, 0.2) is 0 Å². The van der Waals surface area contributed by atoms with Crippen LogP contribution in [0.5, 0.6) is 0 Å². The van der Waals surface area contributed by atoms with Crippen molar-refractivity contribution < 1.29 is 9.59 Å². The molecule has 24 heavy (non-hydrogen) atoms. The quantitative estimate of drug-likeness (QED) is 0.837. The predicted molar refractivity (Wildman–Crippen MR) is 92.3 cm³/mol. The SMILES string of the molecule is CC1(C)C(C#N)=C(SCC(=O)NCc2cccs2)NC(=O)[C@@H]1C#N. The fourth-order valence-electron chi connectivity index (χ4n) is 2.32. The van der Waals surface area contributed by atoms with Gasteiger partial charge in [-0.25, -0.2) is 0 Å². The minimum atomic E-state index is -0.927. The van der Waals surface area contributed by atoms with Gasteiger partial charge in [-0.1, -0.05) is 31.7 Å². The van der Waals surface area contributed by atoms with Gasteiger partial charge in [0, 0.05) is 10.3 Å². The molecule has 2 N–H and O–H groups in total. The van der Waals surface area contributed by atoms with Crippen molar-refractivity contribution in [3.05, 3.63) is 33.0 Å². The van der Waals surface area contributed by atoms with Crippen molar-refractivity contribution in [2.75, 3.05) is 5.75 Å². The third kappa shape index (κ3) is 3.78. The smallest absolute Gasteiger partial charge is 0.243 e. The van der Waals surface area contributed by atoms with Crippen LogP contribution in [-0.2, 0) is 16.1 Å². The number of carbonyl (C=O) groups is 2. The summed E-state index contributed by atoms with van der Waals surface area (Å²) >= 11 is 2.66. The predicted octanol–water partition coefficient (Wildman–Crippen LogP) is 2.13. The van der Waals surface area contributed by atoms with Gasteiger partial charge >= 0.3 is 0 Å². The van der Waals surface area contributed by atoms with Crippen molar-refractivity contribution in [1.82, 2.24) is 10.6 Å². The van der Waals surface area contributed by atoms with Crippen LogP contribution in [-0.4, -0.2) is 17.6 Å². The molecule has 124 valence electrons. The number of nitrogens with zero attached hydrogens (tertiary/aromatic N) is 2. The molecule has 0 radical (unpaired) electrons. The van der Waals surface area contributed by atoms with Crippen molar-refractivity contribution in [3.63, 3.8) is 0 Å². The number of thioether (sulfide) groups is 1. The summed E-state index contributed by atoms with van der Waals surface area (Å²) in [4.78, 5) is 25.0. The van der Waals surface area contributed by atoms with Crippen LogP contribution in [0.4, 0.5) is 0 Å². The lowest BCUT2D eigenvalue weighted by Crippen LogP contribution is -2.44. The molecule has 0 saturated carbocycles. The van der Waals surface area contributed by atoms with Crippen LogP contribution in [0, 0.1) is 34.0 Å². The highest BCUT2D eigenvalue weighted by Crippen LogP contribution is 2.41. The second kappa shape index (κ2) is 7.52. The van der Waals surface area contributed by atoms with E-state index in [1.54, 1.807) is 25.2 Å². The van der Waals surface area contributed by atoms with E-state index in [9.17, 15) is 14.9 Å². The van der Waals surface area contributed by atoms with Crippen LogP contribution in [0.3, 0.4) is 0 Å². The van der Waals surface area contributed by atoms with Gasteiger partial charge in [-0.2, -0.15) is 10.5 Å². The standard InChI is InChI=1S/C16H16N4O2S2/c1-16(2)11(6-17)14(22)20-15(12(16)7-18)24-9-13(21)19-8-10-4-3-5-23-10/h3-5,11H,8-9H2,1-2H3,(H,19,21)(H,20,22)/t11-/m0/s1. The first-order chi connectivity index (χ1) is 11.4. The van der Waals surface area contributed by atoms with Crippen LogP contribution >= 0.6 is 23.1 Å². The summed E-state index contributed by atoms with van der Waals surface area (Å²) in [6.07, 6.45) is 0. The molecule has 2 heterocycles. The molecule has 0 bridgehead atoms. The molecule has 0 unspecified atom stereocenters. The number of nitriles is 2. The molecule has 0 aromatic carbocycles. The zero-order valence-electron chi connectivity index (χ0n) is 13.3. The Bertz CT molecular complexity index is 754. The van der Waals surface area contributed by atoms with Crippen LogP contribution in [0.2, 0.25) is 0 Å². The van der Waals surface area contributed by atoms with Crippen molar-refractivity contribution in [1.29, 1.82) is 10.5 Å². The number of allylic oxidation sites excluding steroid dienone is 1. The molecule has 0 saturated heterocycles. The largest absolute Gasteiger partial charge is 0.350 e. The van der Waals surface area contributed by atoms with Crippen molar-refractivity contribution in [3.8, 4) is 12.1 Å². The first-order valence-corrected chi connectivity index (χ1v) is 9.04. The zero-order chi connectivity index (χ0) is 17.7. The van der Waals surface area contributed by atoms with Gasteiger partial charge in [0.2, 0.25) is 11.8 Å². The number of thiophene rings is 1. The van der Waals surface area contributed by atoms with Gasteiger partial charge in [-0.3, -0.25) is 9.59 Å². The van der Waals surface area contributed by atoms with E-state index in [-0.39, 0.29) is 11.7 Å². The first-order valence-electron chi connectivity index (χ1n) is 7.17. The summed E-state index contributed by atoms with van der Waals surface area (Å²) < 4.78 is 0. The molecule has 0 aliphatic carbocycles. The maximum absolute atomic E-state index is 12.0. The average molecular weight is 360 g/mol. The number of carbonyl (C=O) groups excluding carboxylic acids is 2. The Balaban J connectivity index is 2.03. The van der Waals surface area contributed by atoms with Crippen molar-refractivity contribution >= 4 is 34.9 Å². The Hall–Kier alpha value is -2.29. The Morgan fingerprint density at radius 3 is 2.83 bits per heavy atom. The molecule has 1 atom stereocenters. The molecule has 0 spiro atoms. The molecule has 1 aliphatic heterocycles. The van der Waals surface area contributed by atoms with Gasteiger partial charge in [-0.15, -0.1) is 11.3 Å². The molecule has 2 rings (SSSR count). The average Bonchev–Trinajstić information content (AvgIpc) is 3.03. The molecule has 1 aromatic rings. The second-order valence-corrected chi connectivity index (χ2v) is 7.75. The summed E-state index contributed by atoms with van der Waals surface area (Å²) in [7, 11) is 0. The summed E-state index contributed by atoms with van der Waals surface area (Å²) in [5.74, 6) is -1.47. The number of nitrogens with one attached hydrogen (secondary N) is 2. The highest BCUT2D eigenvalue weighted by atomic mass is 32.2. The van der Waals surface area contributed by atoms with Gasteiger partial charge in [0.05, 0.1) is 35.0 Å². The van der Waals surface area contributed by atoms with E-state index in [0.717, 1.165) is 16.6 Å². The van der Waals surface area contributed by atoms with Crippen LogP contribution in [0.25, 0.3) is 0 Å². The van der Waals surface area contributed by atoms with Gasteiger partial charge < -0.3 is 10.6 Å². The summed E-state index contributed by atoms with van der Waals surface area (Å²) in [5.41, 5.74) is -0.563. The molecule has 1 aliphatic rings. The van der Waals surface area contributed by atoms with Gasteiger partial charge in [0.25, 0.3) is 0 Å². The monoisotopic (exact) mass is 360 g/mol. The summed E-state index contributed by atoms with van der Waals surface area (Å²) in [6.45, 7) is 3.83. The summed E-state index contributed by atoms with van der Waals surface area (Å²) in [6, 6.07) is 7.86. The minimum Gasteiger partial charge on any atom is -0.350 e. The Morgan fingerprint density at radius 1 is 1.50 bits per heavy atom. The maximum Gasteiger partial charge on any atom is 0.243 e. The maximum atomic E-state index is 12.0. The van der Waals surface area contributed by atoms with Crippen LogP contribution in [0.15, 0.2) is 28.1 Å². The Labute approximate surface area is 148 Å². The van der Waals surface area contributed by atoms with E-state index in [1.165, 1.54) is 0 Å². The van der Waals surface area contributed by atoms with Gasteiger partial charge in [0.1, 0.15) is 5.92 Å². The second-order valence-electron chi connectivity index (χ2n) is 5.73. The number of hydrogen-bond donors (Lipinski definition) is 2. The van der Waals surface area contributed by atoms with Crippen LogP contribution < -0.4 is 10.6 Å². The van der Waals surface area contributed by atoms with E-state index in [0.29, 0.717) is 17.1 Å². The molecule has 8 heteroatoms. The van der Waals surface area contributed by atoms with Crippen LogP contribution in [0.1, 0.15) is 18.7 Å². The third-order valence-corrected chi connectivity index (χ3v) is 5.60. The summed E-state index contributed by atoms with van der Waals surface area (Å²) in [5, 5.41) is 26.2. The molecule has 2 amide bonds.